The summed E-state index contributed by atoms with van der Waals surface area (Å²) >= 11 is 5.74. The average molecular weight is 299 g/mol. The lowest BCUT2D eigenvalue weighted by molar-refractivity contribution is -0.385. The van der Waals surface area contributed by atoms with Gasteiger partial charge in [0.1, 0.15) is 5.56 Å². The van der Waals surface area contributed by atoms with Gasteiger partial charge in [-0.1, -0.05) is 19.1 Å². The minimum absolute atomic E-state index is 0.0873. The molecule has 0 aromatic heterocycles. The summed E-state index contributed by atoms with van der Waals surface area (Å²) in [5.41, 5.74) is -0.0482. The van der Waals surface area contributed by atoms with Crippen molar-refractivity contribution in [1.82, 2.24) is 5.32 Å². The molecule has 1 aromatic rings. The van der Waals surface area contributed by atoms with Gasteiger partial charge in [0.15, 0.2) is 0 Å². The number of halogens is 1. The highest BCUT2D eigenvalue weighted by molar-refractivity contribution is 6.17. The van der Waals surface area contributed by atoms with Gasteiger partial charge in [-0.3, -0.25) is 14.9 Å². The lowest BCUT2D eigenvalue weighted by atomic mass is 9.94. The smallest absolute Gasteiger partial charge is 0.285 e. The number of hydrogen-bond donors (Lipinski definition) is 1. The molecule has 1 amide bonds. The first-order valence-corrected chi connectivity index (χ1v) is 7.00. The molecule has 0 bridgehead atoms. The zero-order chi connectivity index (χ0) is 15.3. The predicted molar refractivity (Wildman–Crippen MR) is 79.3 cm³/mol. The molecule has 1 rings (SSSR count). The van der Waals surface area contributed by atoms with Crippen molar-refractivity contribution in [3.63, 3.8) is 0 Å². The number of carbonyl (C=O) groups excluding carboxylic acids is 1. The van der Waals surface area contributed by atoms with Gasteiger partial charge < -0.3 is 5.32 Å². The van der Waals surface area contributed by atoms with E-state index in [0.29, 0.717) is 24.3 Å². The van der Waals surface area contributed by atoms with Gasteiger partial charge in [-0.25, -0.2) is 0 Å². The molecule has 0 saturated carbocycles. The Kier molecular flexibility index (Phi) is 5.51. The minimum Gasteiger partial charge on any atom is -0.347 e. The van der Waals surface area contributed by atoms with Crippen molar-refractivity contribution < 1.29 is 9.72 Å². The molecule has 0 heterocycles. The van der Waals surface area contributed by atoms with Crippen LogP contribution in [0.25, 0.3) is 0 Å². The number of carbonyl (C=O) groups is 1. The molecule has 1 unspecified atom stereocenters. The summed E-state index contributed by atoms with van der Waals surface area (Å²) in [6, 6.07) is 4.73. The van der Waals surface area contributed by atoms with Crippen LogP contribution in [0.3, 0.4) is 0 Å². The second kappa shape index (κ2) is 6.70. The molecular weight excluding hydrogens is 280 g/mol. The van der Waals surface area contributed by atoms with E-state index in [2.05, 4.69) is 5.32 Å². The van der Waals surface area contributed by atoms with Crippen molar-refractivity contribution in [3.8, 4) is 0 Å². The van der Waals surface area contributed by atoms with E-state index in [1.54, 1.807) is 19.1 Å². The Morgan fingerprint density at radius 2 is 2.15 bits per heavy atom. The van der Waals surface area contributed by atoms with Crippen molar-refractivity contribution in [3.05, 3.63) is 39.4 Å². The van der Waals surface area contributed by atoms with Crippen molar-refractivity contribution in [1.29, 1.82) is 0 Å². The quantitative estimate of drug-likeness (QED) is 0.497. The van der Waals surface area contributed by atoms with E-state index in [4.69, 9.17) is 11.6 Å². The van der Waals surface area contributed by atoms with E-state index >= 15 is 0 Å². The molecule has 0 radical (unpaired) electrons. The zero-order valence-corrected chi connectivity index (χ0v) is 12.7. The first kappa shape index (κ1) is 16.4. The molecule has 110 valence electrons. The largest absolute Gasteiger partial charge is 0.347 e. The average Bonchev–Trinajstić information content (AvgIpc) is 2.38. The molecule has 6 heteroatoms. The molecule has 0 aliphatic heterocycles. The number of hydrogen-bond acceptors (Lipinski definition) is 3. The molecule has 20 heavy (non-hydrogen) atoms. The molecule has 0 spiro atoms. The van der Waals surface area contributed by atoms with Crippen molar-refractivity contribution in [2.45, 2.75) is 39.2 Å². The fraction of sp³-hybridized carbons (Fsp3) is 0.500. The van der Waals surface area contributed by atoms with Crippen LogP contribution < -0.4 is 5.32 Å². The summed E-state index contributed by atoms with van der Waals surface area (Å²) in [5, 5.41) is 14.0. The molecule has 1 N–H and O–H groups in total. The fourth-order valence-electron chi connectivity index (χ4n) is 1.96. The van der Waals surface area contributed by atoms with Crippen LogP contribution in [-0.2, 0) is 0 Å². The number of para-hydroxylation sites is 1. The minimum atomic E-state index is -0.519. The van der Waals surface area contributed by atoms with Gasteiger partial charge in [-0.05, 0) is 32.8 Å². The Labute approximate surface area is 123 Å². The molecule has 0 saturated heterocycles. The van der Waals surface area contributed by atoms with Gasteiger partial charge in [0.2, 0.25) is 0 Å². The number of nitro benzene ring substituents is 1. The molecule has 0 aliphatic carbocycles. The summed E-state index contributed by atoms with van der Waals surface area (Å²) in [5.74, 6) is -0.0181. The van der Waals surface area contributed by atoms with Crippen molar-refractivity contribution in [2.24, 2.45) is 0 Å². The van der Waals surface area contributed by atoms with Crippen LogP contribution in [0.4, 0.5) is 5.69 Å². The Morgan fingerprint density at radius 1 is 1.50 bits per heavy atom. The highest BCUT2D eigenvalue weighted by atomic mass is 35.5. The second-order valence-corrected chi connectivity index (χ2v) is 5.41. The number of aryl methyl sites for hydroxylation is 1. The molecule has 5 nitrogen and oxygen atoms in total. The summed E-state index contributed by atoms with van der Waals surface area (Å²) in [4.78, 5) is 22.9. The van der Waals surface area contributed by atoms with Gasteiger partial charge in [-0.15, -0.1) is 11.6 Å². The van der Waals surface area contributed by atoms with Gasteiger partial charge in [-0.2, -0.15) is 0 Å². The van der Waals surface area contributed by atoms with Crippen LogP contribution in [0.5, 0.6) is 0 Å². The standard InChI is InChI=1S/C14H19ClN2O3/c1-4-14(3,8-9-15)16-13(18)11-7-5-6-10(2)12(11)17(19)20/h5-7H,4,8-9H2,1-3H3,(H,16,18). The Morgan fingerprint density at radius 3 is 2.65 bits per heavy atom. The first-order valence-electron chi connectivity index (χ1n) is 6.47. The number of amides is 1. The Balaban J connectivity index is 3.10. The summed E-state index contributed by atoms with van der Waals surface area (Å²) in [6.45, 7) is 5.44. The van der Waals surface area contributed by atoms with Crippen LogP contribution in [0, 0.1) is 17.0 Å². The third-order valence-electron chi connectivity index (χ3n) is 3.51. The zero-order valence-electron chi connectivity index (χ0n) is 11.9. The van der Waals surface area contributed by atoms with Gasteiger partial charge in [0, 0.05) is 17.0 Å². The van der Waals surface area contributed by atoms with Gasteiger partial charge in [0.25, 0.3) is 11.6 Å². The maximum Gasteiger partial charge on any atom is 0.285 e. The lowest BCUT2D eigenvalue weighted by Crippen LogP contribution is -2.46. The van der Waals surface area contributed by atoms with E-state index < -0.39 is 16.4 Å². The summed E-state index contributed by atoms with van der Waals surface area (Å²) < 4.78 is 0. The maximum absolute atomic E-state index is 12.3. The van der Waals surface area contributed by atoms with E-state index in [1.807, 2.05) is 13.8 Å². The summed E-state index contributed by atoms with van der Waals surface area (Å²) in [6.07, 6.45) is 1.31. The lowest BCUT2D eigenvalue weighted by Gasteiger charge is -2.29. The normalized spacial score (nSPS) is 13.6. The molecule has 0 aliphatic rings. The first-order chi connectivity index (χ1) is 9.34. The predicted octanol–water partition coefficient (Wildman–Crippen LogP) is 3.43. The van der Waals surface area contributed by atoms with Crippen molar-refractivity contribution in [2.75, 3.05) is 5.88 Å². The number of benzene rings is 1. The highest BCUT2D eigenvalue weighted by Crippen LogP contribution is 2.24. The number of nitro groups is 1. The third-order valence-corrected chi connectivity index (χ3v) is 3.70. The topological polar surface area (TPSA) is 72.2 Å². The van der Waals surface area contributed by atoms with Crippen LogP contribution >= 0.6 is 11.6 Å². The number of rotatable bonds is 6. The molecule has 1 aromatic carbocycles. The number of nitrogens with one attached hydrogen (secondary N) is 1. The van der Waals surface area contributed by atoms with Crippen LogP contribution in [-0.4, -0.2) is 22.2 Å². The van der Waals surface area contributed by atoms with Crippen molar-refractivity contribution >= 4 is 23.2 Å². The molecule has 1 atom stereocenters. The number of alkyl halides is 1. The molecule has 0 fully saturated rings. The van der Waals surface area contributed by atoms with E-state index in [0.717, 1.165) is 0 Å². The van der Waals surface area contributed by atoms with Crippen LogP contribution in [0.1, 0.15) is 42.6 Å². The maximum atomic E-state index is 12.3. The van der Waals surface area contributed by atoms with Crippen LogP contribution in [0.15, 0.2) is 18.2 Å². The second-order valence-electron chi connectivity index (χ2n) is 5.04. The Hall–Kier alpha value is -1.62. The Bertz CT molecular complexity index is 519. The van der Waals surface area contributed by atoms with Crippen LogP contribution in [0.2, 0.25) is 0 Å². The van der Waals surface area contributed by atoms with E-state index in [9.17, 15) is 14.9 Å². The van der Waals surface area contributed by atoms with E-state index in [1.165, 1.54) is 6.07 Å². The highest BCUT2D eigenvalue weighted by Gasteiger charge is 2.28. The summed E-state index contributed by atoms with van der Waals surface area (Å²) in [7, 11) is 0. The molecular formula is C14H19ClN2O3. The monoisotopic (exact) mass is 298 g/mol. The third kappa shape index (κ3) is 3.70. The van der Waals surface area contributed by atoms with Gasteiger partial charge in [0.05, 0.1) is 4.92 Å². The fourth-order valence-corrected chi connectivity index (χ4v) is 2.38. The number of nitrogens with zero attached hydrogens (tertiary/aromatic N) is 1. The van der Waals surface area contributed by atoms with E-state index in [-0.39, 0.29) is 11.3 Å². The van der Waals surface area contributed by atoms with Gasteiger partial charge >= 0.3 is 0 Å². The SMILES string of the molecule is CCC(C)(CCCl)NC(=O)c1cccc(C)c1[N+](=O)[O-].